The van der Waals surface area contributed by atoms with Gasteiger partial charge in [-0.15, -0.1) is 0 Å². The second-order valence-electron chi connectivity index (χ2n) is 3.91. The van der Waals surface area contributed by atoms with E-state index in [-0.39, 0.29) is 11.8 Å². The Morgan fingerprint density at radius 2 is 2.07 bits per heavy atom. The number of para-hydroxylation sites is 1. The molecular weight excluding hydrogens is 181 g/mol. The Kier molecular flexibility index (Phi) is 3.47. The summed E-state index contributed by atoms with van der Waals surface area (Å²) < 4.78 is 13.0. The number of aromatic hydroxyl groups is 1. The molecule has 3 heteroatoms. The van der Waals surface area contributed by atoms with Gasteiger partial charge in [0.2, 0.25) is 0 Å². The third-order valence-corrected chi connectivity index (χ3v) is 2.14. The first-order valence-corrected chi connectivity index (χ1v) is 4.75. The van der Waals surface area contributed by atoms with E-state index in [0.717, 1.165) is 6.42 Å². The quantitative estimate of drug-likeness (QED) is 0.782. The smallest absolute Gasteiger partial charge is 0.165 e. The average Bonchev–Trinajstić information content (AvgIpc) is 2.08. The molecule has 0 amide bonds. The standard InChI is InChI=1S/C11H16FNO/c1-7(2)6-10(13)8-4-3-5-9(12)11(8)14/h3-5,7,10,14H,6,13H2,1-2H3/t10-/m0/s1. The Balaban J connectivity index is 2.89. The van der Waals surface area contributed by atoms with Crippen molar-refractivity contribution >= 4 is 0 Å². The van der Waals surface area contributed by atoms with Gasteiger partial charge in [-0.2, -0.15) is 0 Å². The van der Waals surface area contributed by atoms with Gasteiger partial charge < -0.3 is 10.8 Å². The zero-order chi connectivity index (χ0) is 10.7. The van der Waals surface area contributed by atoms with Crippen molar-refractivity contribution in [3.63, 3.8) is 0 Å². The van der Waals surface area contributed by atoms with Gasteiger partial charge in [0.05, 0.1) is 0 Å². The van der Waals surface area contributed by atoms with Crippen LogP contribution in [0.1, 0.15) is 31.9 Å². The van der Waals surface area contributed by atoms with Gasteiger partial charge in [0.25, 0.3) is 0 Å². The lowest BCUT2D eigenvalue weighted by atomic mass is 9.97. The van der Waals surface area contributed by atoms with E-state index in [0.29, 0.717) is 11.5 Å². The Bertz CT molecular complexity index is 312. The summed E-state index contributed by atoms with van der Waals surface area (Å²) in [5.74, 6) is -0.505. The first kappa shape index (κ1) is 11.0. The summed E-state index contributed by atoms with van der Waals surface area (Å²) in [7, 11) is 0. The number of halogens is 1. The van der Waals surface area contributed by atoms with E-state index in [9.17, 15) is 9.50 Å². The average molecular weight is 197 g/mol. The highest BCUT2D eigenvalue weighted by Gasteiger charge is 2.14. The number of phenols is 1. The molecule has 1 atom stereocenters. The van der Waals surface area contributed by atoms with E-state index in [4.69, 9.17) is 5.73 Å². The zero-order valence-corrected chi connectivity index (χ0v) is 8.50. The van der Waals surface area contributed by atoms with Gasteiger partial charge in [0.15, 0.2) is 11.6 Å². The summed E-state index contributed by atoms with van der Waals surface area (Å²) >= 11 is 0. The van der Waals surface area contributed by atoms with Crippen LogP contribution in [0.25, 0.3) is 0 Å². The lowest BCUT2D eigenvalue weighted by Gasteiger charge is -2.15. The predicted molar refractivity (Wildman–Crippen MR) is 54.4 cm³/mol. The second kappa shape index (κ2) is 4.42. The molecule has 0 heterocycles. The highest BCUT2D eigenvalue weighted by Crippen LogP contribution is 2.28. The van der Waals surface area contributed by atoms with Crippen LogP contribution in [0.5, 0.6) is 5.75 Å². The molecule has 0 aliphatic carbocycles. The normalized spacial score (nSPS) is 13.2. The number of hydrogen-bond donors (Lipinski definition) is 2. The van der Waals surface area contributed by atoms with E-state index in [2.05, 4.69) is 0 Å². The molecule has 1 rings (SSSR count). The van der Waals surface area contributed by atoms with Gasteiger partial charge in [-0.3, -0.25) is 0 Å². The van der Waals surface area contributed by atoms with Crippen LogP contribution >= 0.6 is 0 Å². The van der Waals surface area contributed by atoms with Crippen LogP contribution < -0.4 is 5.73 Å². The summed E-state index contributed by atoms with van der Waals surface area (Å²) in [4.78, 5) is 0. The molecule has 2 nitrogen and oxygen atoms in total. The van der Waals surface area contributed by atoms with E-state index < -0.39 is 5.82 Å². The summed E-state index contributed by atoms with van der Waals surface area (Å²) in [6.45, 7) is 4.08. The molecule has 78 valence electrons. The third kappa shape index (κ3) is 2.45. The van der Waals surface area contributed by atoms with Gasteiger partial charge in [-0.25, -0.2) is 4.39 Å². The Morgan fingerprint density at radius 1 is 1.43 bits per heavy atom. The summed E-state index contributed by atoms with van der Waals surface area (Å²) in [6.07, 6.45) is 0.733. The van der Waals surface area contributed by atoms with Crippen LogP contribution in [0.15, 0.2) is 18.2 Å². The van der Waals surface area contributed by atoms with Crippen molar-refractivity contribution in [3.8, 4) is 5.75 Å². The van der Waals surface area contributed by atoms with Gasteiger partial charge in [-0.1, -0.05) is 26.0 Å². The van der Waals surface area contributed by atoms with Gasteiger partial charge in [0.1, 0.15) is 0 Å². The number of phenolic OH excluding ortho intramolecular Hbond substituents is 1. The van der Waals surface area contributed by atoms with Crippen molar-refractivity contribution in [1.29, 1.82) is 0 Å². The minimum atomic E-state index is -0.610. The van der Waals surface area contributed by atoms with Crippen molar-refractivity contribution in [2.24, 2.45) is 11.7 Å². The maximum absolute atomic E-state index is 13.0. The zero-order valence-electron chi connectivity index (χ0n) is 8.50. The molecule has 0 spiro atoms. The third-order valence-electron chi connectivity index (χ3n) is 2.14. The summed E-state index contributed by atoms with van der Waals surface area (Å²) in [5.41, 5.74) is 6.32. The molecule has 0 bridgehead atoms. The number of rotatable bonds is 3. The molecule has 0 saturated carbocycles. The van der Waals surface area contributed by atoms with Crippen molar-refractivity contribution in [2.45, 2.75) is 26.3 Å². The lowest BCUT2D eigenvalue weighted by molar-refractivity contribution is 0.411. The predicted octanol–water partition coefficient (Wildman–Crippen LogP) is 2.58. The molecule has 0 saturated heterocycles. The first-order valence-electron chi connectivity index (χ1n) is 4.75. The van der Waals surface area contributed by atoms with E-state index in [1.54, 1.807) is 12.1 Å². The SMILES string of the molecule is CC(C)C[C@H](N)c1cccc(F)c1O. The number of hydrogen-bond acceptors (Lipinski definition) is 2. The van der Waals surface area contributed by atoms with Crippen molar-refractivity contribution in [3.05, 3.63) is 29.6 Å². The maximum atomic E-state index is 13.0. The highest BCUT2D eigenvalue weighted by molar-refractivity contribution is 5.35. The van der Waals surface area contributed by atoms with E-state index in [1.165, 1.54) is 6.07 Å². The topological polar surface area (TPSA) is 46.2 Å². The Labute approximate surface area is 83.6 Å². The Morgan fingerprint density at radius 3 is 2.64 bits per heavy atom. The fourth-order valence-corrected chi connectivity index (χ4v) is 1.47. The molecule has 0 aliphatic rings. The summed E-state index contributed by atoms with van der Waals surface area (Å²) in [5, 5.41) is 9.43. The largest absolute Gasteiger partial charge is 0.505 e. The monoisotopic (exact) mass is 197 g/mol. The Hall–Kier alpha value is -1.09. The molecule has 0 aromatic heterocycles. The molecule has 0 aliphatic heterocycles. The van der Waals surface area contributed by atoms with Crippen molar-refractivity contribution < 1.29 is 9.50 Å². The van der Waals surface area contributed by atoms with E-state index in [1.807, 2.05) is 13.8 Å². The number of benzene rings is 1. The minimum absolute atomic E-state index is 0.300. The molecule has 0 fully saturated rings. The van der Waals surface area contributed by atoms with Crippen LogP contribution in [0.2, 0.25) is 0 Å². The van der Waals surface area contributed by atoms with Gasteiger partial charge in [-0.05, 0) is 18.4 Å². The van der Waals surface area contributed by atoms with Gasteiger partial charge in [0, 0.05) is 11.6 Å². The maximum Gasteiger partial charge on any atom is 0.165 e. The van der Waals surface area contributed by atoms with Crippen LogP contribution in [-0.2, 0) is 0 Å². The molecule has 0 radical (unpaired) electrons. The van der Waals surface area contributed by atoms with E-state index >= 15 is 0 Å². The van der Waals surface area contributed by atoms with Gasteiger partial charge >= 0.3 is 0 Å². The molecule has 3 N–H and O–H groups in total. The number of nitrogens with two attached hydrogens (primary N) is 1. The second-order valence-corrected chi connectivity index (χ2v) is 3.91. The molecule has 14 heavy (non-hydrogen) atoms. The van der Waals surface area contributed by atoms with Crippen LogP contribution in [-0.4, -0.2) is 5.11 Å². The molecular formula is C11H16FNO. The highest BCUT2D eigenvalue weighted by atomic mass is 19.1. The molecule has 1 aromatic carbocycles. The first-order chi connectivity index (χ1) is 6.52. The van der Waals surface area contributed by atoms with Crippen molar-refractivity contribution in [2.75, 3.05) is 0 Å². The van der Waals surface area contributed by atoms with Crippen LogP contribution in [0.4, 0.5) is 4.39 Å². The summed E-state index contributed by atoms with van der Waals surface area (Å²) in [6, 6.07) is 4.14. The molecule has 0 unspecified atom stereocenters. The fourth-order valence-electron chi connectivity index (χ4n) is 1.47. The fraction of sp³-hybridized carbons (Fsp3) is 0.455. The molecule has 1 aromatic rings. The minimum Gasteiger partial charge on any atom is -0.505 e. The van der Waals surface area contributed by atoms with Crippen molar-refractivity contribution in [1.82, 2.24) is 0 Å². The van der Waals surface area contributed by atoms with Crippen LogP contribution in [0, 0.1) is 11.7 Å². The van der Waals surface area contributed by atoms with Crippen LogP contribution in [0.3, 0.4) is 0 Å². The lowest BCUT2D eigenvalue weighted by Crippen LogP contribution is -2.13.